The Hall–Kier alpha value is -1.66. The zero-order chi connectivity index (χ0) is 15.3. The third kappa shape index (κ3) is 4.68. The zero-order valence-electron chi connectivity index (χ0n) is 12.3. The molecule has 0 aliphatic heterocycles. The van der Waals surface area contributed by atoms with Gasteiger partial charge >= 0.3 is 0 Å². The highest BCUT2D eigenvalue weighted by Gasteiger charge is 2.18. The van der Waals surface area contributed by atoms with E-state index in [2.05, 4.69) is 10.3 Å². The second-order valence-corrected chi connectivity index (χ2v) is 6.57. The van der Waals surface area contributed by atoms with Crippen LogP contribution in [0.3, 0.4) is 0 Å². The summed E-state index contributed by atoms with van der Waals surface area (Å²) in [5.41, 5.74) is 0.634. The van der Waals surface area contributed by atoms with Gasteiger partial charge in [-0.3, -0.25) is 4.79 Å². The fraction of sp³-hybridized carbons (Fsp3) is 0.467. The van der Waals surface area contributed by atoms with Gasteiger partial charge in [0.25, 0.3) is 0 Å². The van der Waals surface area contributed by atoms with Gasteiger partial charge in [-0.2, -0.15) is 0 Å². The molecule has 0 spiro atoms. The molecule has 2 rings (SSSR count). The van der Waals surface area contributed by atoms with Gasteiger partial charge in [0, 0.05) is 18.5 Å². The van der Waals surface area contributed by atoms with Crippen molar-refractivity contribution in [2.45, 2.75) is 26.7 Å². The molecule has 0 saturated heterocycles. The minimum Gasteiger partial charge on any atom is -0.462 e. The quantitative estimate of drug-likeness (QED) is 0.824. The van der Waals surface area contributed by atoms with Gasteiger partial charge in [0.2, 0.25) is 5.91 Å². The number of hydrogen-bond donors (Lipinski definition) is 2. The van der Waals surface area contributed by atoms with Crippen LogP contribution in [0.4, 0.5) is 0 Å². The Labute approximate surface area is 128 Å². The maximum atomic E-state index is 11.9. The number of nitrogens with zero attached hydrogens (tertiary/aromatic N) is 1. The maximum Gasteiger partial charge on any atom is 0.226 e. The first-order valence-electron chi connectivity index (χ1n) is 6.86. The van der Waals surface area contributed by atoms with Crippen LogP contribution in [0.1, 0.15) is 26.0 Å². The minimum atomic E-state index is -0.105. The van der Waals surface area contributed by atoms with E-state index in [0.717, 1.165) is 16.5 Å². The topological polar surface area (TPSA) is 75.4 Å². The van der Waals surface area contributed by atoms with Gasteiger partial charge in [0.05, 0.1) is 18.4 Å². The Morgan fingerprint density at radius 1 is 1.52 bits per heavy atom. The highest BCUT2D eigenvalue weighted by molar-refractivity contribution is 7.13. The van der Waals surface area contributed by atoms with Crippen molar-refractivity contribution in [3.63, 3.8) is 0 Å². The summed E-state index contributed by atoms with van der Waals surface area (Å²) >= 11 is 1.46. The van der Waals surface area contributed by atoms with E-state index in [1.54, 1.807) is 6.26 Å². The van der Waals surface area contributed by atoms with Gasteiger partial charge in [-0.25, -0.2) is 4.98 Å². The van der Waals surface area contributed by atoms with Crippen molar-refractivity contribution in [2.75, 3.05) is 13.2 Å². The molecule has 0 bridgehead atoms. The Bertz CT molecular complexity index is 576. The molecule has 114 valence electrons. The predicted molar refractivity (Wildman–Crippen MR) is 82.0 cm³/mol. The lowest BCUT2D eigenvalue weighted by molar-refractivity contribution is -0.121. The number of rotatable bonds is 7. The zero-order valence-corrected chi connectivity index (χ0v) is 13.1. The average Bonchev–Trinajstić information content (AvgIpc) is 3.06. The largest absolute Gasteiger partial charge is 0.462 e. The number of thiazole rings is 1. The molecule has 0 unspecified atom stereocenters. The molecule has 0 radical (unpaired) electrons. The molecule has 2 N–H and O–H groups in total. The number of hydrogen-bond acceptors (Lipinski definition) is 5. The molecule has 0 saturated carbocycles. The lowest BCUT2D eigenvalue weighted by atomic mass is 9.90. The first kappa shape index (κ1) is 15.7. The molecule has 2 heterocycles. The van der Waals surface area contributed by atoms with Crippen molar-refractivity contribution in [3.8, 4) is 10.8 Å². The van der Waals surface area contributed by atoms with Crippen LogP contribution in [0.25, 0.3) is 10.8 Å². The predicted octanol–water partition coefficient (Wildman–Crippen LogP) is 2.47. The normalized spacial score (nSPS) is 11.6. The van der Waals surface area contributed by atoms with Crippen LogP contribution in [0.2, 0.25) is 0 Å². The number of aliphatic hydroxyl groups is 1. The van der Waals surface area contributed by atoms with Gasteiger partial charge in [-0.05, 0) is 24.0 Å². The number of nitrogens with one attached hydrogen (secondary N) is 1. The molecule has 2 aromatic heterocycles. The number of carbonyl (C=O) groups is 1. The molecule has 0 aromatic carbocycles. The summed E-state index contributed by atoms with van der Waals surface area (Å²) in [6.07, 6.45) is 2.52. The smallest absolute Gasteiger partial charge is 0.226 e. The average molecular weight is 308 g/mol. The lowest BCUT2D eigenvalue weighted by Crippen LogP contribution is -2.35. The van der Waals surface area contributed by atoms with Crippen LogP contribution in [-0.2, 0) is 11.2 Å². The molecule has 0 atom stereocenters. The summed E-state index contributed by atoms with van der Waals surface area (Å²) in [5, 5.41) is 14.5. The van der Waals surface area contributed by atoms with Crippen LogP contribution in [0, 0.1) is 5.41 Å². The third-order valence-corrected chi connectivity index (χ3v) is 4.08. The lowest BCUT2D eigenvalue weighted by Gasteiger charge is -2.23. The second kappa shape index (κ2) is 6.87. The van der Waals surface area contributed by atoms with Gasteiger partial charge in [-0.15, -0.1) is 11.3 Å². The Balaban J connectivity index is 1.86. The van der Waals surface area contributed by atoms with Crippen LogP contribution < -0.4 is 5.32 Å². The van der Waals surface area contributed by atoms with Crippen LogP contribution in [0.15, 0.2) is 28.2 Å². The number of aromatic nitrogens is 1. The summed E-state index contributed by atoms with van der Waals surface area (Å²) < 4.78 is 5.28. The van der Waals surface area contributed by atoms with Crippen molar-refractivity contribution >= 4 is 17.2 Å². The Kier molecular flexibility index (Phi) is 5.14. The molecule has 0 fully saturated rings. The van der Waals surface area contributed by atoms with Crippen LogP contribution in [0.5, 0.6) is 0 Å². The summed E-state index contributed by atoms with van der Waals surface area (Å²) in [6.45, 7) is 4.70. The maximum absolute atomic E-state index is 11.9. The monoisotopic (exact) mass is 308 g/mol. The number of furan rings is 1. The summed E-state index contributed by atoms with van der Waals surface area (Å²) in [7, 11) is 0. The summed E-state index contributed by atoms with van der Waals surface area (Å²) in [6, 6.07) is 3.66. The van der Waals surface area contributed by atoms with E-state index in [4.69, 9.17) is 9.52 Å². The molecule has 1 amide bonds. The summed E-state index contributed by atoms with van der Waals surface area (Å²) in [5.74, 6) is 0.660. The fourth-order valence-electron chi connectivity index (χ4n) is 1.86. The first-order chi connectivity index (χ1) is 10.00. The second-order valence-electron chi connectivity index (χ2n) is 5.71. The number of aliphatic hydroxyl groups excluding tert-OH is 1. The third-order valence-electron chi connectivity index (χ3n) is 3.18. The molecule has 21 heavy (non-hydrogen) atoms. The van der Waals surface area contributed by atoms with E-state index in [1.807, 2.05) is 31.4 Å². The standard InChI is InChI=1S/C15H20N2O3S/c1-15(2,5-6-18)10-16-13(19)8-11-9-21-14(17-11)12-4-3-7-20-12/h3-4,7,9,18H,5-6,8,10H2,1-2H3,(H,16,19). The molecular weight excluding hydrogens is 288 g/mol. The molecule has 0 aliphatic rings. The number of carbonyl (C=O) groups excluding carboxylic acids is 1. The molecule has 2 aromatic rings. The van der Waals surface area contributed by atoms with E-state index >= 15 is 0 Å². The van der Waals surface area contributed by atoms with E-state index in [0.29, 0.717) is 13.0 Å². The SMILES string of the molecule is CC(C)(CCO)CNC(=O)Cc1csc(-c2ccco2)n1. The molecule has 0 aliphatic carbocycles. The molecule has 5 nitrogen and oxygen atoms in total. The van der Waals surface area contributed by atoms with E-state index in [1.165, 1.54) is 11.3 Å². The van der Waals surface area contributed by atoms with E-state index < -0.39 is 0 Å². The van der Waals surface area contributed by atoms with Crippen LogP contribution >= 0.6 is 11.3 Å². The van der Waals surface area contributed by atoms with E-state index in [-0.39, 0.29) is 24.3 Å². The van der Waals surface area contributed by atoms with Crippen molar-refractivity contribution < 1.29 is 14.3 Å². The molecule has 6 heteroatoms. The Morgan fingerprint density at radius 2 is 2.33 bits per heavy atom. The molecular formula is C15H20N2O3S. The summed E-state index contributed by atoms with van der Waals surface area (Å²) in [4.78, 5) is 16.3. The fourth-order valence-corrected chi connectivity index (χ4v) is 2.64. The van der Waals surface area contributed by atoms with Crippen molar-refractivity contribution in [1.82, 2.24) is 10.3 Å². The van der Waals surface area contributed by atoms with Gasteiger partial charge < -0.3 is 14.8 Å². The highest BCUT2D eigenvalue weighted by atomic mass is 32.1. The van der Waals surface area contributed by atoms with Crippen molar-refractivity contribution in [1.29, 1.82) is 0 Å². The number of amides is 1. The van der Waals surface area contributed by atoms with Crippen molar-refractivity contribution in [3.05, 3.63) is 29.5 Å². The minimum absolute atomic E-state index is 0.0580. The first-order valence-corrected chi connectivity index (χ1v) is 7.74. The van der Waals surface area contributed by atoms with Gasteiger partial charge in [0.1, 0.15) is 0 Å². The van der Waals surface area contributed by atoms with Gasteiger partial charge in [0.15, 0.2) is 10.8 Å². The van der Waals surface area contributed by atoms with E-state index in [9.17, 15) is 4.79 Å². The van der Waals surface area contributed by atoms with Crippen LogP contribution in [-0.4, -0.2) is 29.1 Å². The van der Waals surface area contributed by atoms with Crippen molar-refractivity contribution in [2.24, 2.45) is 5.41 Å². The highest BCUT2D eigenvalue weighted by Crippen LogP contribution is 2.24. The van der Waals surface area contributed by atoms with Gasteiger partial charge in [-0.1, -0.05) is 13.8 Å². The Morgan fingerprint density at radius 3 is 3.00 bits per heavy atom.